The Bertz CT molecular complexity index is 594. The fraction of sp³-hybridized carbons (Fsp3) is 0.143. The molecular formula is C14H11Cl3O. The van der Waals surface area contributed by atoms with E-state index in [2.05, 4.69) is 0 Å². The summed E-state index contributed by atoms with van der Waals surface area (Å²) in [7, 11) is 1.64. The van der Waals surface area contributed by atoms with Gasteiger partial charge in [0, 0.05) is 10.6 Å². The number of ether oxygens (including phenoxy) is 1. The Morgan fingerprint density at radius 2 is 1.67 bits per heavy atom. The molecule has 2 rings (SSSR count). The highest BCUT2D eigenvalue weighted by Gasteiger charge is 2.11. The van der Waals surface area contributed by atoms with E-state index in [4.69, 9.17) is 39.5 Å². The molecule has 0 N–H and O–H groups in total. The van der Waals surface area contributed by atoms with E-state index in [-0.39, 0.29) is 0 Å². The van der Waals surface area contributed by atoms with Gasteiger partial charge in [-0.1, -0.05) is 40.9 Å². The van der Waals surface area contributed by atoms with E-state index in [0.29, 0.717) is 15.1 Å². The Hall–Kier alpha value is -0.890. The van der Waals surface area contributed by atoms with Crippen LogP contribution in [0.25, 0.3) is 11.1 Å². The summed E-state index contributed by atoms with van der Waals surface area (Å²) in [6.07, 6.45) is 0. The molecule has 18 heavy (non-hydrogen) atoms. The van der Waals surface area contributed by atoms with Gasteiger partial charge < -0.3 is 4.74 Å². The van der Waals surface area contributed by atoms with Crippen LogP contribution in [0.3, 0.4) is 0 Å². The molecule has 0 atom stereocenters. The number of hydrogen-bond acceptors (Lipinski definition) is 1. The van der Waals surface area contributed by atoms with Crippen LogP contribution in [0.5, 0.6) is 5.75 Å². The highest BCUT2D eigenvalue weighted by atomic mass is 35.5. The maximum atomic E-state index is 6.22. The summed E-state index contributed by atoms with van der Waals surface area (Å²) in [4.78, 5) is 0. The van der Waals surface area contributed by atoms with Crippen molar-refractivity contribution in [2.24, 2.45) is 0 Å². The van der Waals surface area contributed by atoms with Crippen molar-refractivity contribution in [1.29, 1.82) is 0 Å². The van der Waals surface area contributed by atoms with Crippen LogP contribution in [-0.2, 0) is 0 Å². The lowest BCUT2D eigenvalue weighted by molar-refractivity contribution is 0.414. The monoisotopic (exact) mass is 300 g/mol. The molecule has 0 fully saturated rings. The maximum absolute atomic E-state index is 6.22. The van der Waals surface area contributed by atoms with Gasteiger partial charge in [0.15, 0.2) is 0 Å². The third kappa shape index (κ3) is 2.59. The Kier molecular flexibility index (Phi) is 4.06. The molecule has 2 aromatic carbocycles. The molecular weight excluding hydrogens is 291 g/mol. The standard InChI is InChI=1S/C14H11Cl3O/c1-8-5-10(18-2)3-4-11(8)12-6-9(15)7-13(16)14(12)17/h3-7H,1-2H3. The second-order valence-electron chi connectivity index (χ2n) is 3.93. The molecule has 0 aromatic heterocycles. The lowest BCUT2D eigenvalue weighted by Gasteiger charge is -2.11. The first kappa shape index (κ1) is 13.5. The van der Waals surface area contributed by atoms with Crippen LogP contribution < -0.4 is 4.74 Å². The van der Waals surface area contributed by atoms with Crippen molar-refractivity contribution in [3.8, 4) is 16.9 Å². The lowest BCUT2D eigenvalue weighted by atomic mass is 10.0. The molecule has 0 bridgehead atoms. The normalized spacial score (nSPS) is 10.5. The molecule has 0 amide bonds. The number of aryl methyl sites for hydroxylation is 1. The van der Waals surface area contributed by atoms with Crippen LogP contribution >= 0.6 is 34.8 Å². The number of methoxy groups -OCH3 is 1. The number of benzene rings is 2. The predicted molar refractivity (Wildman–Crippen MR) is 78.2 cm³/mol. The Morgan fingerprint density at radius 3 is 2.28 bits per heavy atom. The molecule has 1 nitrogen and oxygen atoms in total. The van der Waals surface area contributed by atoms with E-state index in [1.807, 2.05) is 31.2 Å². The Labute approximate surface area is 121 Å². The van der Waals surface area contributed by atoms with Gasteiger partial charge in [-0.2, -0.15) is 0 Å². The summed E-state index contributed by atoms with van der Waals surface area (Å²) in [5.41, 5.74) is 2.87. The Morgan fingerprint density at radius 1 is 0.944 bits per heavy atom. The van der Waals surface area contributed by atoms with Crippen molar-refractivity contribution >= 4 is 34.8 Å². The molecule has 0 aliphatic heterocycles. The highest BCUT2D eigenvalue weighted by molar-refractivity contribution is 6.45. The van der Waals surface area contributed by atoms with E-state index in [1.54, 1.807) is 13.2 Å². The molecule has 94 valence electrons. The average molecular weight is 302 g/mol. The molecule has 0 aliphatic rings. The minimum atomic E-state index is 0.453. The SMILES string of the molecule is COc1ccc(-c2cc(Cl)cc(Cl)c2Cl)c(C)c1. The van der Waals surface area contributed by atoms with E-state index in [9.17, 15) is 0 Å². The second kappa shape index (κ2) is 5.40. The first-order valence-corrected chi connectivity index (χ1v) is 6.46. The number of rotatable bonds is 2. The summed E-state index contributed by atoms with van der Waals surface area (Å²) in [6.45, 7) is 1.99. The molecule has 0 saturated heterocycles. The summed E-state index contributed by atoms with van der Waals surface area (Å²) >= 11 is 18.3. The highest BCUT2D eigenvalue weighted by Crippen LogP contribution is 2.38. The molecule has 4 heteroatoms. The van der Waals surface area contributed by atoms with Crippen molar-refractivity contribution in [1.82, 2.24) is 0 Å². The molecule has 2 aromatic rings. The van der Waals surface area contributed by atoms with Crippen molar-refractivity contribution in [2.45, 2.75) is 6.92 Å². The van der Waals surface area contributed by atoms with E-state index in [0.717, 1.165) is 22.4 Å². The first-order chi connectivity index (χ1) is 8.52. The van der Waals surface area contributed by atoms with Gasteiger partial charge in [-0.25, -0.2) is 0 Å². The largest absolute Gasteiger partial charge is 0.497 e. The van der Waals surface area contributed by atoms with E-state index >= 15 is 0 Å². The van der Waals surface area contributed by atoms with E-state index in [1.165, 1.54) is 0 Å². The van der Waals surface area contributed by atoms with Crippen molar-refractivity contribution in [3.05, 3.63) is 51.0 Å². The van der Waals surface area contributed by atoms with Gasteiger partial charge in [0.2, 0.25) is 0 Å². The number of hydrogen-bond donors (Lipinski definition) is 0. The molecule has 0 saturated carbocycles. The maximum Gasteiger partial charge on any atom is 0.119 e. The van der Waals surface area contributed by atoms with Crippen LogP contribution in [0, 0.1) is 6.92 Å². The summed E-state index contributed by atoms with van der Waals surface area (Å²) in [5, 5.41) is 1.53. The minimum Gasteiger partial charge on any atom is -0.497 e. The summed E-state index contributed by atoms with van der Waals surface area (Å²) in [6, 6.07) is 9.22. The van der Waals surface area contributed by atoms with Crippen LogP contribution in [0.15, 0.2) is 30.3 Å². The van der Waals surface area contributed by atoms with Crippen molar-refractivity contribution < 1.29 is 4.74 Å². The third-order valence-electron chi connectivity index (χ3n) is 2.72. The zero-order valence-corrected chi connectivity index (χ0v) is 12.2. The zero-order valence-electron chi connectivity index (χ0n) is 9.93. The van der Waals surface area contributed by atoms with Gasteiger partial charge in [-0.05, 0) is 42.3 Å². The zero-order chi connectivity index (χ0) is 13.3. The fourth-order valence-corrected chi connectivity index (χ4v) is 2.52. The number of halogens is 3. The third-order valence-corrected chi connectivity index (χ3v) is 3.74. The van der Waals surface area contributed by atoms with Gasteiger partial charge in [-0.3, -0.25) is 0 Å². The quantitative estimate of drug-likeness (QED) is 0.653. The Balaban J connectivity index is 2.62. The van der Waals surface area contributed by atoms with Gasteiger partial charge >= 0.3 is 0 Å². The van der Waals surface area contributed by atoms with Gasteiger partial charge in [-0.15, -0.1) is 0 Å². The smallest absolute Gasteiger partial charge is 0.119 e. The second-order valence-corrected chi connectivity index (χ2v) is 5.15. The lowest BCUT2D eigenvalue weighted by Crippen LogP contribution is -1.88. The van der Waals surface area contributed by atoms with Crippen molar-refractivity contribution in [2.75, 3.05) is 7.11 Å². The average Bonchev–Trinajstić information content (AvgIpc) is 2.34. The molecule has 0 spiro atoms. The van der Waals surface area contributed by atoms with Crippen LogP contribution in [0.1, 0.15) is 5.56 Å². The van der Waals surface area contributed by atoms with Gasteiger partial charge in [0.1, 0.15) is 5.75 Å². The van der Waals surface area contributed by atoms with Crippen LogP contribution in [-0.4, -0.2) is 7.11 Å². The van der Waals surface area contributed by atoms with E-state index < -0.39 is 0 Å². The van der Waals surface area contributed by atoms with Gasteiger partial charge in [0.25, 0.3) is 0 Å². The molecule has 0 aliphatic carbocycles. The molecule has 0 heterocycles. The van der Waals surface area contributed by atoms with Crippen LogP contribution in [0.2, 0.25) is 15.1 Å². The molecule has 0 radical (unpaired) electrons. The molecule has 0 unspecified atom stereocenters. The fourth-order valence-electron chi connectivity index (χ4n) is 1.82. The first-order valence-electron chi connectivity index (χ1n) is 5.32. The minimum absolute atomic E-state index is 0.453. The van der Waals surface area contributed by atoms with Crippen molar-refractivity contribution in [3.63, 3.8) is 0 Å². The topological polar surface area (TPSA) is 9.23 Å². The summed E-state index contributed by atoms with van der Waals surface area (Å²) < 4.78 is 5.18. The van der Waals surface area contributed by atoms with Gasteiger partial charge in [0.05, 0.1) is 17.2 Å². The van der Waals surface area contributed by atoms with Crippen LogP contribution in [0.4, 0.5) is 0 Å². The predicted octanol–water partition coefficient (Wildman–Crippen LogP) is 5.63. The summed E-state index contributed by atoms with van der Waals surface area (Å²) in [5.74, 6) is 0.806.